The molecule has 1 fully saturated rings. The first-order chi connectivity index (χ1) is 7.81. The Bertz CT molecular complexity index is 336. The van der Waals surface area contributed by atoms with Gasteiger partial charge in [-0.2, -0.15) is 4.37 Å². The maximum atomic E-state index is 12.1. The second-order valence-electron chi connectivity index (χ2n) is 4.36. The SMILES string of the molecule is CCC(CN1CCCC1)C(=O)c1ccsn1.Cl. The van der Waals surface area contributed by atoms with Gasteiger partial charge in [0.25, 0.3) is 0 Å². The zero-order valence-electron chi connectivity index (χ0n) is 10.1. The van der Waals surface area contributed by atoms with E-state index in [1.54, 1.807) is 0 Å². The van der Waals surface area contributed by atoms with Gasteiger partial charge in [0, 0.05) is 17.8 Å². The van der Waals surface area contributed by atoms with Gasteiger partial charge in [-0.05, 0) is 50.0 Å². The number of likely N-dealkylation sites (tertiary alicyclic amines) is 1. The number of ketones is 1. The quantitative estimate of drug-likeness (QED) is 0.774. The Morgan fingerprint density at radius 2 is 2.24 bits per heavy atom. The van der Waals surface area contributed by atoms with Crippen LogP contribution in [0.25, 0.3) is 0 Å². The van der Waals surface area contributed by atoms with E-state index in [9.17, 15) is 4.79 Å². The van der Waals surface area contributed by atoms with Gasteiger partial charge in [0.1, 0.15) is 5.69 Å². The van der Waals surface area contributed by atoms with Gasteiger partial charge in [-0.25, -0.2) is 0 Å². The zero-order valence-corrected chi connectivity index (χ0v) is 11.7. The van der Waals surface area contributed by atoms with E-state index in [1.165, 1.54) is 24.4 Å². The van der Waals surface area contributed by atoms with Crippen LogP contribution >= 0.6 is 23.9 Å². The minimum absolute atomic E-state index is 0. The van der Waals surface area contributed by atoms with Gasteiger partial charge in [-0.15, -0.1) is 12.4 Å². The fraction of sp³-hybridized carbons (Fsp3) is 0.667. The van der Waals surface area contributed by atoms with Crippen LogP contribution < -0.4 is 0 Å². The maximum Gasteiger partial charge on any atom is 0.186 e. The molecule has 1 unspecified atom stereocenters. The topological polar surface area (TPSA) is 33.2 Å². The van der Waals surface area contributed by atoms with Crippen LogP contribution in [0.15, 0.2) is 11.4 Å². The van der Waals surface area contributed by atoms with Gasteiger partial charge in [-0.3, -0.25) is 4.79 Å². The van der Waals surface area contributed by atoms with E-state index in [4.69, 9.17) is 0 Å². The second kappa shape index (κ2) is 7.09. The molecule has 2 heterocycles. The molecule has 17 heavy (non-hydrogen) atoms. The second-order valence-corrected chi connectivity index (χ2v) is 5.03. The summed E-state index contributed by atoms with van der Waals surface area (Å²) in [6.45, 7) is 5.31. The summed E-state index contributed by atoms with van der Waals surface area (Å²) in [5.74, 6) is 0.343. The fourth-order valence-corrected chi connectivity index (χ4v) is 2.74. The normalized spacial score (nSPS) is 17.7. The van der Waals surface area contributed by atoms with Crippen LogP contribution in [0.5, 0.6) is 0 Å². The van der Waals surface area contributed by atoms with Crippen LogP contribution in [-0.4, -0.2) is 34.7 Å². The Balaban J connectivity index is 0.00000144. The summed E-state index contributed by atoms with van der Waals surface area (Å²) in [6.07, 6.45) is 3.47. The largest absolute Gasteiger partial charge is 0.303 e. The lowest BCUT2D eigenvalue weighted by Gasteiger charge is -2.20. The number of halogens is 1. The highest BCUT2D eigenvalue weighted by molar-refractivity contribution is 7.03. The summed E-state index contributed by atoms with van der Waals surface area (Å²) < 4.78 is 4.13. The number of nitrogens with zero attached hydrogens (tertiary/aromatic N) is 2. The summed E-state index contributed by atoms with van der Waals surface area (Å²) >= 11 is 1.35. The summed E-state index contributed by atoms with van der Waals surface area (Å²) in [7, 11) is 0. The van der Waals surface area contributed by atoms with Crippen molar-refractivity contribution < 1.29 is 4.79 Å². The lowest BCUT2D eigenvalue weighted by Crippen LogP contribution is -2.31. The molecule has 0 spiro atoms. The molecule has 3 nitrogen and oxygen atoms in total. The maximum absolute atomic E-state index is 12.1. The smallest absolute Gasteiger partial charge is 0.186 e. The van der Waals surface area contributed by atoms with Gasteiger partial charge in [-0.1, -0.05) is 6.92 Å². The fourth-order valence-electron chi connectivity index (χ4n) is 2.22. The molecule has 0 radical (unpaired) electrons. The predicted molar refractivity (Wildman–Crippen MR) is 73.1 cm³/mol. The summed E-state index contributed by atoms with van der Waals surface area (Å²) in [4.78, 5) is 14.5. The Morgan fingerprint density at radius 3 is 2.76 bits per heavy atom. The first-order valence-corrected chi connectivity index (χ1v) is 6.82. The Labute approximate surface area is 113 Å². The minimum Gasteiger partial charge on any atom is -0.303 e. The van der Waals surface area contributed by atoms with Crippen molar-refractivity contribution in [3.63, 3.8) is 0 Å². The van der Waals surface area contributed by atoms with Gasteiger partial charge < -0.3 is 4.90 Å². The van der Waals surface area contributed by atoms with Crippen molar-refractivity contribution in [3.05, 3.63) is 17.1 Å². The van der Waals surface area contributed by atoms with E-state index in [0.717, 1.165) is 26.1 Å². The predicted octanol–water partition coefficient (Wildman–Crippen LogP) is 2.87. The first-order valence-electron chi connectivity index (χ1n) is 5.98. The molecule has 0 bridgehead atoms. The van der Waals surface area contributed by atoms with Crippen LogP contribution in [0.1, 0.15) is 36.7 Å². The molecule has 5 heteroatoms. The molecule has 1 aliphatic heterocycles. The van der Waals surface area contributed by atoms with Crippen molar-refractivity contribution in [3.8, 4) is 0 Å². The van der Waals surface area contributed by atoms with Gasteiger partial charge in [0.05, 0.1) is 0 Å². The van der Waals surface area contributed by atoms with E-state index in [0.29, 0.717) is 5.69 Å². The van der Waals surface area contributed by atoms with E-state index < -0.39 is 0 Å². The van der Waals surface area contributed by atoms with Gasteiger partial charge >= 0.3 is 0 Å². The Morgan fingerprint density at radius 1 is 1.53 bits per heavy atom. The molecule has 1 aromatic rings. The average Bonchev–Trinajstić information content (AvgIpc) is 2.97. The number of Topliss-reactive ketones (excluding diaryl/α,β-unsaturated/α-hetero) is 1. The molecule has 0 aliphatic carbocycles. The van der Waals surface area contributed by atoms with E-state index in [-0.39, 0.29) is 24.1 Å². The van der Waals surface area contributed by atoms with E-state index in [2.05, 4.69) is 16.2 Å². The van der Waals surface area contributed by atoms with Crippen LogP contribution in [0.4, 0.5) is 0 Å². The number of hydrogen-bond donors (Lipinski definition) is 0. The third kappa shape index (κ3) is 3.76. The zero-order chi connectivity index (χ0) is 11.4. The molecular formula is C12H19ClN2OS. The highest BCUT2D eigenvalue weighted by Crippen LogP contribution is 2.17. The standard InChI is InChI=1S/C12H18N2OS.ClH/c1-2-10(9-14-6-3-4-7-14)12(15)11-5-8-16-13-11;/h5,8,10H,2-4,6-7,9H2,1H3;1H. The average molecular weight is 275 g/mol. The van der Waals surface area contributed by atoms with Crippen LogP contribution in [0.3, 0.4) is 0 Å². The molecule has 1 atom stereocenters. The Kier molecular flexibility index (Phi) is 6.09. The lowest BCUT2D eigenvalue weighted by atomic mass is 9.98. The summed E-state index contributed by atoms with van der Waals surface area (Å²) in [6, 6.07) is 1.83. The van der Waals surface area contributed by atoms with Gasteiger partial charge in [0.2, 0.25) is 0 Å². The van der Waals surface area contributed by atoms with Crippen LogP contribution in [0.2, 0.25) is 0 Å². The number of hydrogen-bond acceptors (Lipinski definition) is 4. The number of carbonyl (C=O) groups is 1. The summed E-state index contributed by atoms with van der Waals surface area (Å²) in [5.41, 5.74) is 0.649. The van der Waals surface area contributed by atoms with Crippen molar-refractivity contribution in [2.75, 3.05) is 19.6 Å². The third-order valence-corrected chi connectivity index (χ3v) is 3.79. The van der Waals surface area contributed by atoms with Crippen molar-refractivity contribution in [1.82, 2.24) is 9.27 Å². The van der Waals surface area contributed by atoms with Crippen LogP contribution in [0, 0.1) is 5.92 Å². The molecule has 0 amide bonds. The molecule has 2 rings (SSSR count). The highest BCUT2D eigenvalue weighted by atomic mass is 35.5. The lowest BCUT2D eigenvalue weighted by molar-refractivity contribution is 0.0881. The molecule has 0 saturated carbocycles. The molecule has 0 N–H and O–H groups in total. The van der Waals surface area contributed by atoms with Gasteiger partial charge in [0.15, 0.2) is 5.78 Å². The first kappa shape index (κ1) is 14.6. The van der Waals surface area contributed by atoms with E-state index >= 15 is 0 Å². The molecule has 0 aromatic carbocycles. The number of carbonyl (C=O) groups excluding carboxylic acids is 1. The number of aromatic nitrogens is 1. The summed E-state index contributed by atoms with van der Waals surface area (Å²) in [5, 5.41) is 1.87. The van der Waals surface area contributed by atoms with Crippen molar-refractivity contribution in [1.29, 1.82) is 0 Å². The molecular weight excluding hydrogens is 256 g/mol. The van der Waals surface area contributed by atoms with Crippen molar-refractivity contribution in [2.24, 2.45) is 5.92 Å². The van der Waals surface area contributed by atoms with E-state index in [1.807, 2.05) is 11.4 Å². The monoisotopic (exact) mass is 274 g/mol. The minimum atomic E-state index is 0. The van der Waals surface area contributed by atoms with Crippen LogP contribution in [-0.2, 0) is 0 Å². The molecule has 96 valence electrons. The molecule has 1 aromatic heterocycles. The third-order valence-electron chi connectivity index (χ3n) is 3.23. The Hall–Kier alpha value is -0.450. The molecule has 1 saturated heterocycles. The number of rotatable bonds is 5. The highest BCUT2D eigenvalue weighted by Gasteiger charge is 2.23. The molecule has 1 aliphatic rings. The van der Waals surface area contributed by atoms with Crippen molar-refractivity contribution in [2.45, 2.75) is 26.2 Å². The van der Waals surface area contributed by atoms with Crippen molar-refractivity contribution >= 4 is 29.7 Å².